The maximum atomic E-state index is 12.5. The van der Waals surface area contributed by atoms with Gasteiger partial charge in [0.05, 0.1) is 5.82 Å². The third-order valence-corrected chi connectivity index (χ3v) is 4.22. The summed E-state index contributed by atoms with van der Waals surface area (Å²) in [4.78, 5) is 48.5. The SMILES string of the molecule is C=C(N)NCCC[C@H](NC(=O)[C@H](C)NC(=O)c1ccccc1)C(=O)N[C@@H](C)C(N)=O. The van der Waals surface area contributed by atoms with Crippen LogP contribution in [-0.2, 0) is 14.4 Å². The fraction of sp³-hybridized carbons (Fsp3) is 0.400. The zero-order chi connectivity index (χ0) is 22.7. The Morgan fingerprint density at radius 2 is 1.57 bits per heavy atom. The fourth-order valence-corrected chi connectivity index (χ4v) is 2.44. The molecule has 0 spiro atoms. The molecule has 4 amide bonds. The summed E-state index contributed by atoms with van der Waals surface area (Å²) in [5.41, 5.74) is 11.0. The van der Waals surface area contributed by atoms with Crippen molar-refractivity contribution in [3.63, 3.8) is 0 Å². The molecule has 0 radical (unpaired) electrons. The van der Waals surface area contributed by atoms with Crippen molar-refractivity contribution in [3.05, 3.63) is 48.3 Å². The molecule has 10 nitrogen and oxygen atoms in total. The van der Waals surface area contributed by atoms with Crippen LogP contribution in [0.2, 0.25) is 0 Å². The summed E-state index contributed by atoms with van der Waals surface area (Å²) >= 11 is 0. The van der Waals surface area contributed by atoms with E-state index in [4.69, 9.17) is 11.5 Å². The monoisotopic (exact) mass is 418 g/mol. The normalized spacial score (nSPS) is 13.3. The molecule has 10 heteroatoms. The number of carbonyl (C=O) groups is 4. The quantitative estimate of drug-likeness (QED) is 0.240. The van der Waals surface area contributed by atoms with Gasteiger partial charge in [-0.1, -0.05) is 24.8 Å². The Morgan fingerprint density at radius 1 is 0.933 bits per heavy atom. The molecule has 30 heavy (non-hydrogen) atoms. The number of carbonyl (C=O) groups excluding carboxylic acids is 4. The van der Waals surface area contributed by atoms with Crippen molar-refractivity contribution in [1.82, 2.24) is 21.3 Å². The van der Waals surface area contributed by atoms with E-state index in [1.54, 1.807) is 30.3 Å². The smallest absolute Gasteiger partial charge is 0.251 e. The minimum atomic E-state index is -0.928. The van der Waals surface area contributed by atoms with Crippen LogP contribution in [0.1, 0.15) is 37.0 Å². The molecular weight excluding hydrogens is 388 g/mol. The number of hydrogen-bond donors (Lipinski definition) is 6. The summed E-state index contributed by atoms with van der Waals surface area (Å²) in [5, 5.41) is 10.5. The molecule has 0 heterocycles. The second-order valence-corrected chi connectivity index (χ2v) is 6.85. The van der Waals surface area contributed by atoms with E-state index in [1.165, 1.54) is 13.8 Å². The van der Waals surface area contributed by atoms with Gasteiger partial charge >= 0.3 is 0 Å². The van der Waals surface area contributed by atoms with Gasteiger partial charge in [-0.25, -0.2) is 0 Å². The Bertz CT molecular complexity index is 768. The van der Waals surface area contributed by atoms with Gasteiger partial charge < -0.3 is 32.7 Å². The predicted molar refractivity (Wildman–Crippen MR) is 113 cm³/mol. The van der Waals surface area contributed by atoms with E-state index in [0.717, 1.165) is 0 Å². The summed E-state index contributed by atoms with van der Waals surface area (Å²) in [6, 6.07) is 5.74. The molecule has 0 aliphatic carbocycles. The van der Waals surface area contributed by atoms with Crippen molar-refractivity contribution in [1.29, 1.82) is 0 Å². The minimum Gasteiger partial charge on any atom is -0.386 e. The first kappa shape index (κ1) is 24.5. The second-order valence-electron chi connectivity index (χ2n) is 6.85. The van der Waals surface area contributed by atoms with Crippen molar-refractivity contribution in [2.24, 2.45) is 11.5 Å². The van der Waals surface area contributed by atoms with Gasteiger partial charge in [-0.3, -0.25) is 19.2 Å². The summed E-state index contributed by atoms with van der Waals surface area (Å²) in [7, 11) is 0. The molecule has 0 aromatic heterocycles. The molecule has 1 aromatic carbocycles. The fourth-order valence-electron chi connectivity index (χ4n) is 2.44. The predicted octanol–water partition coefficient (Wildman–Crippen LogP) is -0.921. The van der Waals surface area contributed by atoms with E-state index in [2.05, 4.69) is 27.8 Å². The molecule has 1 rings (SSSR count). The molecule has 164 valence electrons. The van der Waals surface area contributed by atoms with Crippen molar-refractivity contribution in [2.75, 3.05) is 6.54 Å². The first-order chi connectivity index (χ1) is 14.1. The van der Waals surface area contributed by atoms with Gasteiger partial charge in [0, 0.05) is 12.1 Å². The zero-order valence-electron chi connectivity index (χ0n) is 17.2. The van der Waals surface area contributed by atoms with E-state index < -0.39 is 41.8 Å². The highest BCUT2D eigenvalue weighted by Gasteiger charge is 2.26. The van der Waals surface area contributed by atoms with Crippen LogP contribution in [0.15, 0.2) is 42.7 Å². The molecule has 0 fully saturated rings. The highest BCUT2D eigenvalue weighted by molar-refractivity contribution is 5.98. The van der Waals surface area contributed by atoms with Crippen LogP contribution < -0.4 is 32.7 Å². The Kier molecular flexibility index (Phi) is 9.87. The zero-order valence-corrected chi connectivity index (χ0v) is 17.2. The summed E-state index contributed by atoms with van der Waals surface area (Å²) in [6.45, 7) is 6.92. The van der Waals surface area contributed by atoms with Crippen molar-refractivity contribution in [2.45, 2.75) is 44.8 Å². The average Bonchev–Trinajstić information content (AvgIpc) is 2.70. The molecule has 0 unspecified atom stereocenters. The van der Waals surface area contributed by atoms with E-state index in [0.29, 0.717) is 24.4 Å². The largest absolute Gasteiger partial charge is 0.386 e. The molecule has 0 aliphatic rings. The van der Waals surface area contributed by atoms with Gasteiger partial charge in [0.25, 0.3) is 5.91 Å². The van der Waals surface area contributed by atoms with Crippen LogP contribution in [0.3, 0.4) is 0 Å². The van der Waals surface area contributed by atoms with Gasteiger partial charge in [0.2, 0.25) is 17.7 Å². The number of hydrogen-bond acceptors (Lipinski definition) is 6. The van der Waals surface area contributed by atoms with Crippen LogP contribution in [0.5, 0.6) is 0 Å². The van der Waals surface area contributed by atoms with Gasteiger partial charge in [0.1, 0.15) is 18.1 Å². The molecule has 0 bridgehead atoms. The molecule has 0 saturated heterocycles. The third-order valence-electron chi connectivity index (χ3n) is 4.22. The molecule has 8 N–H and O–H groups in total. The highest BCUT2D eigenvalue weighted by Crippen LogP contribution is 2.02. The molecule has 0 saturated carbocycles. The number of benzene rings is 1. The standard InChI is InChI=1S/C20H30N6O4/c1-12(17(22)27)24-20(30)16(10-7-11-23-14(3)21)26-18(28)13(2)25-19(29)15-8-5-4-6-9-15/h4-6,8-9,12-13,16,23H,3,7,10-11,21H2,1-2H3,(H2,22,27)(H,24,30)(H,25,29)(H,26,28)/t12-,13-,16-/m0/s1. The molecular formula is C20H30N6O4. The number of rotatable bonds is 12. The van der Waals surface area contributed by atoms with Crippen LogP contribution in [0.4, 0.5) is 0 Å². The van der Waals surface area contributed by atoms with Crippen molar-refractivity contribution < 1.29 is 19.2 Å². The Balaban J connectivity index is 2.73. The number of primary amides is 1. The van der Waals surface area contributed by atoms with Crippen LogP contribution in [0, 0.1) is 0 Å². The summed E-state index contributed by atoms with van der Waals surface area (Å²) < 4.78 is 0. The van der Waals surface area contributed by atoms with Gasteiger partial charge in [-0.05, 0) is 38.8 Å². The van der Waals surface area contributed by atoms with Crippen molar-refractivity contribution >= 4 is 23.6 Å². The summed E-state index contributed by atoms with van der Waals surface area (Å²) in [5.74, 6) is -1.91. The van der Waals surface area contributed by atoms with Gasteiger partial charge in [-0.15, -0.1) is 0 Å². The van der Waals surface area contributed by atoms with E-state index >= 15 is 0 Å². The number of nitrogens with one attached hydrogen (secondary N) is 4. The molecule has 1 aromatic rings. The second kappa shape index (κ2) is 12.1. The summed E-state index contributed by atoms with van der Waals surface area (Å²) in [6.07, 6.45) is 0.757. The van der Waals surface area contributed by atoms with Gasteiger partial charge in [-0.2, -0.15) is 0 Å². The lowest BCUT2D eigenvalue weighted by molar-refractivity contribution is -0.131. The van der Waals surface area contributed by atoms with Crippen molar-refractivity contribution in [3.8, 4) is 0 Å². The number of nitrogens with two attached hydrogens (primary N) is 2. The molecule has 3 atom stereocenters. The lowest BCUT2D eigenvalue weighted by atomic mass is 10.1. The highest BCUT2D eigenvalue weighted by atomic mass is 16.2. The van der Waals surface area contributed by atoms with E-state index in [9.17, 15) is 19.2 Å². The van der Waals surface area contributed by atoms with E-state index in [1.807, 2.05) is 0 Å². The Labute approximate surface area is 175 Å². The maximum absolute atomic E-state index is 12.5. The Hall–Kier alpha value is -3.56. The van der Waals surface area contributed by atoms with Crippen LogP contribution >= 0.6 is 0 Å². The third kappa shape index (κ3) is 8.63. The molecule has 0 aliphatic heterocycles. The minimum absolute atomic E-state index is 0.267. The lowest BCUT2D eigenvalue weighted by Crippen LogP contribution is -2.55. The first-order valence-electron chi connectivity index (χ1n) is 9.56. The van der Waals surface area contributed by atoms with Gasteiger partial charge in [0.15, 0.2) is 0 Å². The lowest BCUT2D eigenvalue weighted by Gasteiger charge is -2.22. The topological polar surface area (TPSA) is 168 Å². The van der Waals surface area contributed by atoms with E-state index in [-0.39, 0.29) is 6.42 Å². The maximum Gasteiger partial charge on any atom is 0.251 e. The Morgan fingerprint density at radius 3 is 2.13 bits per heavy atom. The van der Waals surface area contributed by atoms with Crippen LogP contribution in [-0.4, -0.2) is 48.3 Å². The average molecular weight is 418 g/mol. The number of amides is 4. The first-order valence-corrected chi connectivity index (χ1v) is 9.56. The van der Waals surface area contributed by atoms with Crippen LogP contribution in [0.25, 0.3) is 0 Å².